The Balaban J connectivity index is 1.91. The third-order valence-electron chi connectivity index (χ3n) is 3.35. The summed E-state index contributed by atoms with van der Waals surface area (Å²) in [5.74, 6) is -0.851. The standard InChI is InChI=1S/C10H15N5O5/c11-8(13-7(16)3-12-9(17)18)6-2-1-5-4-14(6)10(19)15(5)20/h5-6,12,20H,1-4H2,(H,17,18)(H2,11,13,16)/t5-,6+/m1/s1. The van der Waals surface area contributed by atoms with Crippen LogP contribution in [0.25, 0.3) is 0 Å². The molecule has 2 heterocycles. The molecule has 4 amide bonds. The molecule has 0 aromatic rings. The fraction of sp³-hybridized carbons (Fsp3) is 0.600. The number of fused-ring (bicyclic) bond motifs is 2. The highest BCUT2D eigenvalue weighted by Crippen LogP contribution is 2.28. The second kappa shape index (κ2) is 5.33. The Morgan fingerprint density at radius 2 is 2.10 bits per heavy atom. The van der Waals surface area contributed by atoms with E-state index in [1.165, 1.54) is 4.90 Å². The summed E-state index contributed by atoms with van der Waals surface area (Å²) in [5.41, 5.74) is 0. The van der Waals surface area contributed by atoms with E-state index in [4.69, 9.17) is 10.5 Å². The van der Waals surface area contributed by atoms with Crippen LogP contribution < -0.4 is 10.6 Å². The van der Waals surface area contributed by atoms with Crippen LogP contribution in [0.15, 0.2) is 0 Å². The summed E-state index contributed by atoms with van der Waals surface area (Å²) < 4.78 is 0. The van der Waals surface area contributed by atoms with Crippen molar-refractivity contribution >= 4 is 23.9 Å². The van der Waals surface area contributed by atoms with Crippen molar-refractivity contribution in [3.8, 4) is 0 Å². The molecule has 2 rings (SSSR count). The van der Waals surface area contributed by atoms with E-state index in [1.807, 2.05) is 5.32 Å². The first-order valence-electron chi connectivity index (χ1n) is 6.04. The number of carbonyl (C=O) groups is 3. The lowest BCUT2D eigenvalue weighted by Gasteiger charge is -2.30. The number of hydroxylamine groups is 2. The zero-order chi connectivity index (χ0) is 14.9. The molecule has 10 heteroatoms. The van der Waals surface area contributed by atoms with Crippen molar-refractivity contribution in [2.24, 2.45) is 0 Å². The maximum absolute atomic E-state index is 11.7. The third kappa shape index (κ3) is 2.64. The van der Waals surface area contributed by atoms with Gasteiger partial charge in [0.15, 0.2) is 0 Å². The van der Waals surface area contributed by atoms with Crippen LogP contribution in [0.2, 0.25) is 0 Å². The monoisotopic (exact) mass is 285 g/mol. The van der Waals surface area contributed by atoms with E-state index in [1.54, 1.807) is 0 Å². The van der Waals surface area contributed by atoms with E-state index >= 15 is 0 Å². The molecule has 2 atom stereocenters. The average molecular weight is 285 g/mol. The number of nitrogens with one attached hydrogen (secondary N) is 3. The summed E-state index contributed by atoms with van der Waals surface area (Å²) in [5, 5.41) is 30.5. The van der Waals surface area contributed by atoms with Crippen molar-refractivity contribution < 1.29 is 24.7 Å². The van der Waals surface area contributed by atoms with Crippen molar-refractivity contribution in [2.75, 3.05) is 13.1 Å². The van der Waals surface area contributed by atoms with Crippen molar-refractivity contribution in [3.05, 3.63) is 0 Å². The maximum atomic E-state index is 11.7. The number of carboxylic acid groups (broad SMARTS) is 1. The minimum absolute atomic E-state index is 0.177. The third-order valence-corrected chi connectivity index (χ3v) is 3.35. The van der Waals surface area contributed by atoms with Crippen LogP contribution in [0.1, 0.15) is 12.8 Å². The Hall–Kier alpha value is -2.36. The smallest absolute Gasteiger partial charge is 0.405 e. The van der Waals surface area contributed by atoms with Crippen LogP contribution in [-0.4, -0.2) is 69.3 Å². The van der Waals surface area contributed by atoms with E-state index in [9.17, 15) is 19.6 Å². The van der Waals surface area contributed by atoms with Gasteiger partial charge < -0.3 is 20.6 Å². The molecule has 0 radical (unpaired) electrons. The molecular weight excluding hydrogens is 270 g/mol. The molecule has 10 nitrogen and oxygen atoms in total. The Morgan fingerprint density at radius 1 is 1.40 bits per heavy atom. The summed E-state index contributed by atoms with van der Waals surface area (Å²) in [6, 6.07) is -1.46. The molecule has 2 saturated heterocycles. The number of rotatable bonds is 3. The number of hydrogen-bond donors (Lipinski definition) is 5. The van der Waals surface area contributed by atoms with Gasteiger partial charge in [0, 0.05) is 6.54 Å². The predicted molar refractivity (Wildman–Crippen MR) is 64.4 cm³/mol. The van der Waals surface area contributed by atoms with Gasteiger partial charge in [0.05, 0.1) is 12.1 Å². The lowest BCUT2D eigenvalue weighted by molar-refractivity contribution is -0.118. The average Bonchev–Trinajstić information content (AvgIpc) is 2.62. The molecule has 5 N–H and O–H groups in total. The Morgan fingerprint density at radius 3 is 2.75 bits per heavy atom. The van der Waals surface area contributed by atoms with Crippen LogP contribution in [0.3, 0.4) is 0 Å². The molecule has 0 spiro atoms. The zero-order valence-electron chi connectivity index (χ0n) is 10.5. The molecule has 0 aromatic carbocycles. The van der Waals surface area contributed by atoms with E-state index in [2.05, 4.69) is 5.32 Å². The number of amides is 4. The number of hydrogen-bond acceptors (Lipinski definition) is 5. The Kier molecular flexibility index (Phi) is 3.74. The molecule has 2 fully saturated rings. The molecule has 2 bridgehead atoms. The number of urea groups is 1. The summed E-state index contributed by atoms with van der Waals surface area (Å²) in [6.45, 7) is -0.154. The Labute approximate surface area is 113 Å². The van der Waals surface area contributed by atoms with Gasteiger partial charge in [-0.2, -0.15) is 0 Å². The van der Waals surface area contributed by atoms with Crippen LogP contribution in [0.4, 0.5) is 9.59 Å². The molecular formula is C10H15N5O5. The zero-order valence-corrected chi connectivity index (χ0v) is 10.5. The van der Waals surface area contributed by atoms with Crippen molar-refractivity contribution in [2.45, 2.75) is 24.9 Å². The number of piperidine rings is 1. The normalized spacial score (nSPS) is 24.6. The highest BCUT2D eigenvalue weighted by Gasteiger charge is 2.45. The summed E-state index contributed by atoms with van der Waals surface area (Å²) in [4.78, 5) is 34.7. The van der Waals surface area contributed by atoms with Gasteiger partial charge in [0.25, 0.3) is 0 Å². The van der Waals surface area contributed by atoms with Gasteiger partial charge in [-0.15, -0.1) is 0 Å². The summed E-state index contributed by atoms with van der Waals surface area (Å²) in [6.07, 6.45) is -0.341. The molecule has 0 unspecified atom stereocenters. The molecule has 2 aliphatic rings. The number of carbonyl (C=O) groups excluding carboxylic acids is 2. The second-order valence-corrected chi connectivity index (χ2v) is 4.65. The van der Waals surface area contributed by atoms with Crippen LogP contribution in [0, 0.1) is 5.41 Å². The van der Waals surface area contributed by atoms with Crippen LogP contribution in [0.5, 0.6) is 0 Å². The minimum Gasteiger partial charge on any atom is -0.465 e. The van der Waals surface area contributed by atoms with Gasteiger partial charge >= 0.3 is 12.1 Å². The van der Waals surface area contributed by atoms with Gasteiger partial charge in [-0.1, -0.05) is 0 Å². The highest BCUT2D eigenvalue weighted by molar-refractivity contribution is 6.02. The van der Waals surface area contributed by atoms with Crippen molar-refractivity contribution in [3.63, 3.8) is 0 Å². The fourth-order valence-corrected chi connectivity index (χ4v) is 2.38. The largest absolute Gasteiger partial charge is 0.465 e. The molecule has 0 saturated carbocycles. The molecule has 0 aromatic heterocycles. The number of amidine groups is 1. The Bertz CT molecular complexity index is 467. The quantitative estimate of drug-likeness (QED) is 0.256. The van der Waals surface area contributed by atoms with Crippen molar-refractivity contribution in [1.82, 2.24) is 20.6 Å². The van der Waals surface area contributed by atoms with Crippen molar-refractivity contribution in [1.29, 1.82) is 5.41 Å². The van der Waals surface area contributed by atoms with Crippen LogP contribution in [-0.2, 0) is 4.79 Å². The second-order valence-electron chi connectivity index (χ2n) is 4.65. The van der Waals surface area contributed by atoms with Gasteiger partial charge in [-0.25, -0.2) is 14.7 Å². The van der Waals surface area contributed by atoms with Gasteiger partial charge in [0.2, 0.25) is 5.91 Å². The first-order chi connectivity index (χ1) is 9.40. The molecule has 2 aliphatic heterocycles. The predicted octanol–water partition coefficient (Wildman–Crippen LogP) is -0.995. The molecule has 110 valence electrons. The maximum Gasteiger partial charge on any atom is 0.405 e. The lowest BCUT2D eigenvalue weighted by Crippen LogP contribution is -2.52. The SMILES string of the molecule is N=C(NC(=O)CNC(=O)O)[C@@H]1CC[C@@H]2CN1C(=O)N2O. The van der Waals surface area contributed by atoms with Crippen LogP contribution >= 0.6 is 0 Å². The minimum atomic E-state index is -1.34. The number of nitrogens with zero attached hydrogens (tertiary/aromatic N) is 2. The molecule has 0 aliphatic carbocycles. The van der Waals surface area contributed by atoms with Gasteiger partial charge in [0.1, 0.15) is 12.4 Å². The first kappa shape index (κ1) is 14.1. The van der Waals surface area contributed by atoms with Gasteiger partial charge in [-0.05, 0) is 12.8 Å². The topological polar surface area (TPSA) is 146 Å². The van der Waals surface area contributed by atoms with E-state index in [0.717, 1.165) is 0 Å². The molecule has 20 heavy (non-hydrogen) atoms. The summed E-state index contributed by atoms with van der Waals surface area (Å²) >= 11 is 0. The first-order valence-corrected chi connectivity index (χ1v) is 6.04. The summed E-state index contributed by atoms with van der Waals surface area (Å²) in [7, 11) is 0. The van der Waals surface area contributed by atoms with E-state index < -0.39 is 30.6 Å². The lowest BCUT2D eigenvalue weighted by atomic mass is 10.00. The van der Waals surface area contributed by atoms with Gasteiger partial charge in [-0.3, -0.25) is 15.4 Å². The van der Waals surface area contributed by atoms with E-state index in [0.29, 0.717) is 24.4 Å². The van der Waals surface area contributed by atoms with E-state index in [-0.39, 0.29) is 11.9 Å². The fourth-order valence-electron chi connectivity index (χ4n) is 2.38. The highest BCUT2D eigenvalue weighted by atomic mass is 16.5.